The molecule has 0 spiro atoms. The molecule has 1 amide bonds. The molecule has 0 aliphatic carbocycles. The number of carbonyl (C=O) groups is 1. The molecular weight excluding hydrogens is 356 g/mol. The van der Waals surface area contributed by atoms with Crippen LogP contribution in [0.4, 0.5) is 0 Å². The van der Waals surface area contributed by atoms with Gasteiger partial charge in [-0.2, -0.15) is 5.10 Å². The Morgan fingerprint density at radius 1 is 1.21 bits per heavy atom. The van der Waals surface area contributed by atoms with Crippen molar-refractivity contribution in [1.29, 1.82) is 0 Å². The molecule has 3 aromatic rings. The molecule has 3 rings (SSSR count). The number of benzene rings is 2. The van der Waals surface area contributed by atoms with Crippen LogP contribution in [0, 0.1) is 6.92 Å². The molecule has 0 fully saturated rings. The number of aromatic nitrogens is 2. The fourth-order valence-electron chi connectivity index (χ4n) is 2.59. The van der Waals surface area contributed by atoms with Gasteiger partial charge >= 0.3 is 0 Å². The van der Waals surface area contributed by atoms with Crippen LogP contribution in [0.25, 0.3) is 11.3 Å². The lowest BCUT2D eigenvalue weighted by Crippen LogP contribution is -2.19. The van der Waals surface area contributed by atoms with Crippen molar-refractivity contribution in [2.45, 2.75) is 13.8 Å². The largest absolute Gasteiger partial charge is 0.508 e. The van der Waals surface area contributed by atoms with Gasteiger partial charge in [-0.15, -0.1) is 0 Å². The maximum atomic E-state index is 12.3. The first-order valence-electron chi connectivity index (χ1n) is 8.74. The number of aryl methyl sites for hydroxylation is 1. The minimum absolute atomic E-state index is 0.140. The number of rotatable bonds is 6. The second kappa shape index (κ2) is 8.77. The average molecular weight is 376 g/mol. The molecule has 0 bridgehead atoms. The summed E-state index contributed by atoms with van der Waals surface area (Å²) in [4.78, 5) is 20.7. The number of phenols is 1. The Bertz CT molecular complexity index is 981. The van der Waals surface area contributed by atoms with E-state index in [1.165, 1.54) is 12.4 Å². The highest BCUT2D eigenvalue weighted by Crippen LogP contribution is 2.20. The second-order valence-corrected chi connectivity index (χ2v) is 6.05. The van der Waals surface area contributed by atoms with Crippen LogP contribution in [-0.4, -0.2) is 33.8 Å². The minimum Gasteiger partial charge on any atom is -0.508 e. The van der Waals surface area contributed by atoms with E-state index in [2.05, 4.69) is 20.5 Å². The smallest absolute Gasteiger partial charge is 0.291 e. The number of carbonyl (C=O) groups excluding carboxylic acids is 1. The summed E-state index contributed by atoms with van der Waals surface area (Å²) < 4.78 is 5.42. The van der Waals surface area contributed by atoms with E-state index >= 15 is 0 Å². The van der Waals surface area contributed by atoms with Gasteiger partial charge in [0.1, 0.15) is 17.2 Å². The number of hydrazone groups is 1. The van der Waals surface area contributed by atoms with Crippen molar-refractivity contribution in [2.75, 3.05) is 6.61 Å². The number of hydrogen-bond acceptors (Lipinski definition) is 6. The van der Waals surface area contributed by atoms with E-state index in [4.69, 9.17) is 4.74 Å². The van der Waals surface area contributed by atoms with Gasteiger partial charge in [-0.05, 0) is 61.4 Å². The van der Waals surface area contributed by atoms with Crippen LogP contribution in [-0.2, 0) is 0 Å². The van der Waals surface area contributed by atoms with Gasteiger partial charge < -0.3 is 9.84 Å². The summed E-state index contributed by atoms with van der Waals surface area (Å²) in [5.41, 5.74) is 5.53. The summed E-state index contributed by atoms with van der Waals surface area (Å²) in [6, 6.07) is 12.4. The Morgan fingerprint density at radius 2 is 2.00 bits per heavy atom. The summed E-state index contributed by atoms with van der Waals surface area (Å²) in [5, 5.41) is 13.5. The van der Waals surface area contributed by atoms with Crippen LogP contribution in [0.1, 0.15) is 28.5 Å². The molecule has 2 N–H and O–H groups in total. The average Bonchev–Trinajstić information content (AvgIpc) is 2.68. The summed E-state index contributed by atoms with van der Waals surface area (Å²) in [6.45, 7) is 4.38. The van der Waals surface area contributed by atoms with E-state index in [0.717, 1.165) is 16.9 Å². The van der Waals surface area contributed by atoms with Gasteiger partial charge in [0.05, 0.1) is 30.9 Å². The van der Waals surface area contributed by atoms with Crippen LogP contribution in [0.3, 0.4) is 0 Å². The number of nitrogens with one attached hydrogen (secondary N) is 1. The molecule has 0 atom stereocenters. The molecule has 0 saturated carbocycles. The normalized spacial score (nSPS) is 10.8. The standard InChI is InChI=1S/C21H20N4O3/c1-3-28-18-6-4-16(5-7-18)19-12-22-13-20(24-19)21(27)25-23-11-15-8-14(2)9-17(26)10-15/h4-13,26H,3H2,1-2H3,(H,25,27)/b23-11+. The van der Waals surface area contributed by atoms with Crippen LogP contribution in [0.5, 0.6) is 11.5 Å². The summed E-state index contributed by atoms with van der Waals surface area (Å²) in [6.07, 6.45) is 4.42. The van der Waals surface area contributed by atoms with Crippen molar-refractivity contribution >= 4 is 12.1 Å². The lowest BCUT2D eigenvalue weighted by Gasteiger charge is -2.06. The van der Waals surface area contributed by atoms with Gasteiger partial charge in [0, 0.05) is 5.56 Å². The molecular formula is C21H20N4O3. The van der Waals surface area contributed by atoms with Gasteiger partial charge in [-0.25, -0.2) is 10.4 Å². The van der Waals surface area contributed by atoms with Crippen LogP contribution < -0.4 is 10.2 Å². The molecule has 7 heteroatoms. The Hall–Kier alpha value is -3.74. The Balaban J connectivity index is 1.70. The number of nitrogens with zero attached hydrogens (tertiary/aromatic N) is 3. The minimum atomic E-state index is -0.478. The molecule has 28 heavy (non-hydrogen) atoms. The zero-order valence-corrected chi connectivity index (χ0v) is 15.6. The van der Waals surface area contributed by atoms with Crippen molar-refractivity contribution in [2.24, 2.45) is 5.10 Å². The fraction of sp³-hybridized carbons (Fsp3) is 0.143. The van der Waals surface area contributed by atoms with E-state index in [-0.39, 0.29) is 11.4 Å². The summed E-state index contributed by atoms with van der Waals surface area (Å²) in [5.74, 6) is 0.430. The van der Waals surface area contributed by atoms with Crippen molar-refractivity contribution in [3.63, 3.8) is 0 Å². The third kappa shape index (κ3) is 4.91. The highest BCUT2D eigenvalue weighted by Gasteiger charge is 2.09. The Kier molecular flexibility index (Phi) is 5.96. The van der Waals surface area contributed by atoms with E-state index in [9.17, 15) is 9.90 Å². The van der Waals surface area contributed by atoms with Crippen molar-refractivity contribution in [3.8, 4) is 22.8 Å². The molecule has 2 aromatic carbocycles. The predicted octanol–water partition coefficient (Wildman–Crippen LogP) is 3.32. The van der Waals surface area contributed by atoms with Gasteiger partial charge in [0.2, 0.25) is 0 Å². The first-order valence-corrected chi connectivity index (χ1v) is 8.74. The van der Waals surface area contributed by atoms with E-state index in [1.54, 1.807) is 18.3 Å². The summed E-state index contributed by atoms with van der Waals surface area (Å²) in [7, 11) is 0. The Labute approximate surface area is 162 Å². The van der Waals surface area contributed by atoms with Crippen molar-refractivity contribution < 1.29 is 14.6 Å². The molecule has 0 aliphatic rings. The monoisotopic (exact) mass is 376 g/mol. The third-order valence-electron chi connectivity index (χ3n) is 3.79. The zero-order valence-electron chi connectivity index (χ0n) is 15.6. The number of ether oxygens (including phenoxy) is 1. The third-order valence-corrected chi connectivity index (χ3v) is 3.79. The quantitative estimate of drug-likeness (QED) is 0.508. The lowest BCUT2D eigenvalue weighted by atomic mass is 10.1. The van der Waals surface area contributed by atoms with Crippen molar-refractivity contribution in [3.05, 3.63) is 71.7 Å². The number of hydrogen-bond donors (Lipinski definition) is 2. The van der Waals surface area contributed by atoms with Gasteiger partial charge in [0.15, 0.2) is 0 Å². The first kappa shape index (κ1) is 19.0. The molecule has 7 nitrogen and oxygen atoms in total. The van der Waals surface area contributed by atoms with E-state index in [0.29, 0.717) is 17.9 Å². The van der Waals surface area contributed by atoms with E-state index in [1.807, 2.05) is 44.2 Å². The topological polar surface area (TPSA) is 96.7 Å². The second-order valence-electron chi connectivity index (χ2n) is 6.05. The highest BCUT2D eigenvalue weighted by molar-refractivity contribution is 5.93. The van der Waals surface area contributed by atoms with Gasteiger partial charge in [-0.1, -0.05) is 6.07 Å². The molecule has 0 saturated heterocycles. The highest BCUT2D eigenvalue weighted by atomic mass is 16.5. The fourth-order valence-corrected chi connectivity index (χ4v) is 2.59. The molecule has 1 aromatic heterocycles. The maximum absolute atomic E-state index is 12.3. The molecule has 0 radical (unpaired) electrons. The molecule has 0 aliphatic heterocycles. The maximum Gasteiger partial charge on any atom is 0.291 e. The predicted molar refractivity (Wildman–Crippen MR) is 107 cm³/mol. The molecule has 0 unspecified atom stereocenters. The SMILES string of the molecule is CCOc1ccc(-c2cncc(C(=O)N/N=C/c3cc(C)cc(O)c3)n2)cc1. The number of phenolic OH excluding ortho intramolecular Hbond substituents is 1. The Morgan fingerprint density at radius 3 is 2.71 bits per heavy atom. The van der Waals surface area contributed by atoms with Crippen LogP contribution in [0.15, 0.2) is 60.0 Å². The van der Waals surface area contributed by atoms with E-state index < -0.39 is 5.91 Å². The van der Waals surface area contributed by atoms with Crippen LogP contribution >= 0.6 is 0 Å². The van der Waals surface area contributed by atoms with Gasteiger partial charge in [0.25, 0.3) is 5.91 Å². The van der Waals surface area contributed by atoms with Gasteiger partial charge in [-0.3, -0.25) is 9.78 Å². The molecule has 142 valence electrons. The first-order chi connectivity index (χ1) is 13.5. The van der Waals surface area contributed by atoms with Crippen molar-refractivity contribution in [1.82, 2.24) is 15.4 Å². The summed E-state index contributed by atoms with van der Waals surface area (Å²) >= 11 is 0. The lowest BCUT2D eigenvalue weighted by molar-refractivity contribution is 0.0950. The van der Waals surface area contributed by atoms with Crippen LogP contribution in [0.2, 0.25) is 0 Å². The number of amides is 1. The number of aromatic hydroxyl groups is 1. The zero-order chi connectivity index (χ0) is 19.9. The molecule has 1 heterocycles.